The monoisotopic (exact) mass is 289 g/mol. The molecule has 2 nitrogen and oxygen atoms in total. The summed E-state index contributed by atoms with van der Waals surface area (Å²) in [6.07, 6.45) is 3.02. The predicted octanol–water partition coefficient (Wildman–Crippen LogP) is 4.44. The molecule has 0 spiro atoms. The lowest BCUT2D eigenvalue weighted by Gasteiger charge is -2.07. The van der Waals surface area contributed by atoms with Gasteiger partial charge >= 0.3 is 0 Å². The summed E-state index contributed by atoms with van der Waals surface area (Å²) < 4.78 is 12.7. The van der Waals surface area contributed by atoms with Crippen molar-refractivity contribution in [1.82, 2.24) is 0 Å². The molecule has 0 saturated carbocycles. The quantitative estimate of drug-likeness (QED) is 0.832. The molecule has 0 heterocycles. The van der Waals surface area contributed by atoms with E-state index < -0.39 is 0 Å². The maximum atomic E-state index is 12.7. The van der Waals surface area contributed by atoms with Gasteiger partial charge in [0, 0.05) is 16.8 Å². The molecule has 0 aliphatic carbocycles. The molecule has 20 heavy (non-hydrogen) atoms. The van der Waals surface area contributed by atoms with Gasteiger partial charge in [0.05, 0.1) is 0 Å². The number of carbonyl (C=O) groups excluding carboxylic acids is 1. The minimum atomic E-state index is -0.304. The fraction of sp³-hybridized carbons (Fsp3) is 0.0625. The summed E-state index contributed by atoms with van der Waals surface area (Å²) in [5, 5.41) is 3.35. The standard InChI is InChI=1S/C16H13ClFNO/c1-11-14(17)3-2-4-15(11)19-16(20)10-7-12-5-8-13(18)9-6-12/h2-10H,1H3,(H,19,20)/b10-7+. The van der Waals surface area contributed by atoms with E-state index in [1.54, 1.807) is 36.4 Å². The second kappa shape index (κ2) is 6.35. The Labute approximate surface area is 121 Å². The molecule has 102 valence electrons. The van der Waals surface area contributed by atoms with Gasteiger partial charge in [0.15, 0.2) is 0 Å². The summed E-state index contributed by atoms with van der Waals surface area (Å²) >= 11 is 5.98. The lowest BCUT2D eigenvalue weighted by Crippen LogP contribution is -2.08. The van der Waals surface area contributed by atoms with Gasteiger partial charge < -0.3 is 5.32 Å². The highest BCUT2D eigenvalue weighted by Crippen LogP contribution is 2.22. The average molecular weight is 290 g/mol. The van der Waals surface area contributed by atoms with E-state index in [0.29, 0.717) is 10.7 Å². The van der Waals surface area contributed by atoms with E-state index in [4.69, 9.17) is 11.6 Å². The molecule has 0 atom stereocenters. The van der Waals surface area contributed by atoms with Crippen LogP contribution in [0.1, 0.15) is 11.1 Å². The highest BCUT2D eigenvalue weighted by atomic mass is 35.5. The Hall–Kier alpha value is -2.13. The van der Waals surface area contributed by atoms with Crippen molar-refractivity contribution < 1.29 is 9.18 Å². The Bertz CT molecular complexity index is 650. The van der Waals surface area contributed by atoms with Crippen molar-refractivity contribution in [3.8, 4) is 0 Å². The van der Waals surface area contributed by atoms with Gasteiger partial charge in [-0.3, -0.25) is 4.79 Å². The number of benzene rings is 2. The SMILES string of the molecule is Cc1c(Cl)cccc1NC(=O)/C=C/c1ccc(F)cc1. The van der Waals surface area contributed by atoms with Gasteiger partial charge in [-0.15, -0.1) is 0 Å². The minimum absolute atomic E-state index is 0.264. The molecular formula is C16H13ClFNO. The van der Waals surface area contributed by atoms with Crippen LogP contribution < -0.4 is 5.32 Å². The van der Waals surface area contributed by atoms with Crippen LogP contribution >= 0.6 is 11.6 Å². The normalized spacial score (nSPS) is 10.8. The van der Waals surface area contributed by atoms with E-state index in [0.717, 1.165) is 11.1 Å². The van der Waals surface area contributed by atoms with Crippen molar-refractivity contribution >= 4 is 29.3 Å². The largest absolute Gasteiger partial charge is 0.322 e. The van der Waals surface area contributed by atoms with Gasteiger partial charge in [0.25, 0.3) is 0 Å². The first-order valence-corrected chi connectivity index (χ1v) is 6.44. The topological polar surface area (TPSA) is 29.1 Å². The molecule has 0 saturated heterocycles. The van der Waals surface area contributed by atoms with Gasteiger partial charge in [-0.1, -0.05) is 29.8 Å². The van der Waals surface area contributed by atoms with Crippen molar-refractivity contribution in [3.05, 3.63) is 70.5 Å². The molecule has 0 aromatic heterocycles. The molecule has 1 N–H and O–H groups in total. The first-order chi connectivity index (χ1) is 9.56. The summed E-state index contributed by atoms with van der Waals surface area (Å²) in [7, 11) is 0. The van der Waals surface area contributed by atoms with Crippen LogP contribution in [0.15, 0.2) is 48.5 Å². The van der Waals surface area contributed by atoms with Crippen molar-refractivity contribution in [3.63, 3.8) is 0 Å². The van der Waals surface area contributed by atoms with Crippen LogP contribution in [0.3, 0.4) is 0 Å². The van der Waals surface area contributed by atoms with E-state index in [-0.39, 0.29) is 11.7 Å². The Morgan fingerprint density at radius 1 is 1.20 bits per heavy atom. The molecule has 0 aliphatic rings. The molecule has 0 radical (unpaired) electrons. The number of rotatable bonds is 3. The van der Waals surface area contributed by atoms with E-state index in [2.05, 4.69) is 5.32 Å². The average Bonchev–Trinajstić information content (AvgIpc) is 2.43. The Balaban J connectivity index is 2.05. The predicted molar refractivity (Wildman–Crippen MR) is 80.3 cm³/mol. The fourth-order valence-electron chi connectivity index (χ4n) is 1.66. The number of nitrogens with one attached hydrogen (secondary N) is 1. The van der Waals surface area contributed by atoms with Crippen LogP contribution in [0.4, 0.5) is 10.1 Å². The van der Waals surface area contributed by atoms with E-state index in [1.807, 2.05) is 6.92 Å². The molecule has 4 heteroatoms. The van der Waals surface area contributed by atoms with E-state index in [1.165, 1.54) is 18.2 Å². The highest BCUT2D eigenvalue weighted by molar-refractivity contribution is 6.31. The maximum Gasteiger partial charge on any atom is 0.248 e. The smallest absolute Gasteiger partial charge is 0.248 e. The molecule has 1 amide bonds. The summed E-state index contributed by atoms with van der Waals surface area (Å²) in [5.41, 5.74) is 2.24. The van der Waals surface area contributed by atoms with Crippen molar-refractivity contribution in [2.45, 2.75) is 6.92 Å². The number of hydrogen-bond acceptors (Lipinski definition) is 1. The van der Waals surface area contributed by atoms with Crippen LogP contribution in [0.25, 0.3) is 6.08 Å². The van der Waals surface area contributed by atoms with Gasteiger partial charge in [-0.25, -0.2) is 4.39 Å². The highest BCUT2D eigenvalue weighted by Gasteiger charge is 2.04. The molecule has 0 bridgehead atoms. The molecular weight excluding hydrogens is 277 g/mol. The van der Waals surface area contributed by atoms with Crippen LogP contribution in [-0.4, -0.2) is 5.91 Å². The zero-order valence-corrected chi connectivity index (χ0v) is 11.6. The molecule has 2 aromatic carbocycles. The van der Waals surface area contributed by atoms with Crippen LogP contribution in [0.2, 0.25) is 5.02 Å². The van der Waals surface area contributed by atoms with Crippen molar-refractivity contribution in [1.29, 1.82) is 0 Å². The second-order valence-electron chi connectivity index (χ2n) is 4.29. The lowest BCUT2D eigenvalue weighted by atomic mass is 10.2. The van der Waals surface area contributed by atoms with Gasteiger partial charge in [-0.05, 0) is 48.4 Å². The third kappa shape index (κ3) is 3.68. The Kier molecular flexibility index (Phi) is 4.53. The van der Waals surface area contributed by atoms with Crippen LogP contribution in [0, 0.1) is 12.7 Å². The first kappa shape index (κ1) is 14.3. The summed E-state index contributed by atoms with van der Waals surface area (Å²) in [6.45, 7) is 1.83. The molecule has 2 aromatic rings. The molecule has 0 aliphatic heterocycles. The van der Waals surface area contributed by atoms with Gasteiger partial charge in [0.1, 0.15) is 5.82 Å². The second-order valence-corrected chi connectivity index (χ2v) is 4.69. The zero-order valence-electron chi connectivity index (χ0n) is 10.9. The maximum absolute atomic E-state index is 12.7. The molecule has 2 rings (SSSR count). The summed E-state index contributed by atoms with van der Waals surface area (Å²) in [6, 6.07) is 11.2. The molecule has 0 unspecified atom stereocenters. The van der Waals surface area contributed by atoms with E-state index in [9.17, 15) is 9.18 Å². The lowest BCUT2D eigenvalue weighted by molar-refractivity contribution is -0.111. The molecule has 0 fully saturated rings. The minimum Gasteiger partial charge on any atom is -0.322 e. The van der Waals surface area contributed by atoms with E-state index >= 15 is 0 Å². The van der Waals surface area contributed by atoms with Crippen molar-refractivity contribution in [2.75, 3.05) is 5.32 Å². The first-order valence-electron chi connectivity index (χ1n) is 6.06. The van der Waals surface area contributed by atoms with Crippen LogP contribution in [0.5, 0.6) is 0 Å². The summed E-state index contributed by atoms with van der Waals surface area (Å²) in [4.78, 5) is 11.8. The number of hydrogen-bond donors (Lipinski definition) is 1. The fourth-order valence-corrected chi connectivity index (χ4v) is 1.84. The number of anilines is 1. The third-order valence-corrected chi connectivity index (χ3v) is 3.23. The van der Waals surface area contributed by atoms with Crippen molar-refractivity contribution in [2.24, 2.45) is 0 Å². The van der Waals surface area contributed by atoms with Crippen LogP contribution in [-0.2, 0) is 4.79 Å². The Morgan fingerprint density at radius 3 is 2.60 bits per heavy atom. The van der Waals surface area contributed by atoms with Gasteiger partial charge in [0.2, 0.25) is 5.91 Å². The number of carbonyl (C=O) groups is 1. The number of halogens is 2. The third-order valence-electron chi connectivity index (χ3n) is 2.82. The number of amides is 1. The summed E-state index contributed by atoms with van der Waals surface area (Å²) in [5.74, 6) is -0.569. The zero-order chi connectivity index (χ0) is 14.5. The Morgan fingerprint density at radius 2 is 1.90 bits per heavy atom. The van der Waals surface area contributed by atoms with Gasteiger partial charge in [-0.2, -0.15) is 0 Å².